The molecule has 5 nitrogen and oxygen atoms in total. The third kappa shape index (κ3) is 7.98. The molecule has 0 bridgehead atoms. The van der Waals surface area contributed by atoms with E-state index in [9.17, 15) is 9.59 Å². The summed E-state index contributed by atoms with van der Waals surface area (Å²) in [6, 6.07) is 23.4. The van der Waals surface area contributed by atoms with Crippen LogP contribution in [-0.2, 0) is 22.6 Å². The Morgan fingerprint density at radius 3 is 2.38 bits per heavy atom. The third-order valence-corrected chi connectivity index (χ3v) is 7.28. The fourth-order valence-electron chi connectivity index (χ4n) is 4.69. The molecule has 0 radical (unpaired) electrons. The lowest BCUT2D eigenvalue weighted by atomic mass is 9.94. The number of halogens is 2. The van der Waals surface area contributed by atoms with Gasteiger partial charge in [-0.1, -0.05) is 97.1 Å². The first-order valence-corrected chi connectivity index (χ1v) is 13.5. The Bertz CT molecular complexity index is 1180. The molecule has 37 heavy (non-hydrogen) atoms. The molecule has 1 fully saturated rings. The van der Waals surface area contributed by atoms with E-state index < -0.39 is 6.04 Å². The van der Waals surface area contributed by atoms with E-state index in [4.69, 9.17) is 27.9 Å². The van der Waals surface area contributed by atoms with Gasteiger partial charge in [-0.05, 0) is 48.2 Å². The van der Waals surface area contributed by atoms with Crippen molar-refractivity contribution in [3.8, 4) is 5.75 Å². The molecule has 3 aromatic carbocycles. The van der Waals surface area contributed by atoms with Crippen molar-refractivity contribution in [3.63, 3.8) is 0 Å². The van der Waals surface area contributed by atoms with Crippen LogP contribution in [0.5, 0.6) is 5.75 Å². The Balaban J connectivity index is 1.62. The molecule has 1 saturated carbocycles. The number of benzene rings is 3. The molecule has 1 N–H and O–H groups in total. The van der Waals surface area contributed by atoms with E-state index in [2.05, 4.69) is 5.32 Å². The predicted octanol–water partition coefficient (Wildman–Crippen LogP) is 6.46. The summed E-state index contributed by atoms with van der Waals surface area (Å²) >= 11 is 12.6. The number of carbonyl (C=O) groups is 2. The number of nitrogens with zero attached hydrogens (tertiary/aromatic N) is 1. The summed E-state index contributed by atoms with van der Waals surface area (Å²) in [5.41, 5.74) is 1.74. The van der Waals surface area contributed by atoms with Gasteiger partial charge in [0.2, 0.25) is 5.91 Å². The summed E-state index contributed by atoms with van der Waals surface area (Å²) in [5, 5.41) is 4.30. The first-order valence-electron chi connectivity index (χ1n) is 12.7. The van der Waals surface area contributed by atoms with Crippen LogP contribution >= 0.6 is 23.2 Å². The maximum atomic E-state index is 13.8. The van der Waals surface area contributed by atoms with E-state index in [1.54, 1.807) is 35.2 Å². The minimum atomic E-state index is -0.726. The highest BCUT2D eigenvalue weighted by molar-refractivity contribution is 6.31. The number of ether oxygens (including phenoxy) is 1. The van der Waals surface area contributed by atoms with Crippen LogP contribution in [0, 0.1) is 0 Å². The zero-order valence-electron chi connectivity index (χ0n) is 20.7. The van der Waals surface area contributed by atoms with Crippen LogP contribution < -0.4 is 10.1 Å². The number of nitrogens with one attached hydrogen (secondary N) is 1. The third-order valence-electron chi connectivity index (χ3n) is 6.68. The second-order valence-electron chi connectivity index (χ2n) is 9.41. The Hall–Kier alpha value is -3.02. The number of carbonyl (C=O) groups excluding carboxylic acids is 2. The summed E-state index contributed by atoms with van der Waals surface area (Å²) in [6.07, 6.45) is 5.69. The van der Waals surface area contributed by atoms with E-state index in [1.807, 2.05) is 48.5 Å². The molecule has 7 heteroatoms. The first kappa shape index (κ1) is 27.0. The lowest BCUT2D eigenvalue weighted by molar-refractivity contribution is -0.143. The highest BCUT2D eigenvalue weighted by atomic mass is 35.5. The summed E-state index contributed by atoms with van der Waals surface area (Å²) in [5.74, 6) is 0.0309. The van der Waals surface area contributed by atoms with Crippen molar-refractivity contribution in [2.24, 2.45) is 0 Å². The van der Waals surface area contributed by atoms with Gasteiger partial charge in [0.15, 0.2) is 6.61 Å². The van der Waals surface area contributed by atoms with Crippen LogP contribution in [0.25, 0.3) is 0 Å². The standard InChI is InChI=1S/C30H32Cl2N2O3/c31-24-13-9-16-26(19-24)37-21-29(35)34(20-23-12-7-8-17-27(23)32)28(18-22-10-3-1-4-11-22)30(36)33-25-14-5-2-6-15-25/h1,3-4,7-13,16-17,19,25,28H,2,5-6,14-15,18,20-21H2,(H,33,36). The van der Waals surface area contributed by atoms with Crippen molar-refractivity contribution in [1.82, 2.24) is 10.2 Å². The Morgan fingerprint density at radius 1 is 0.919 bits per heavy atom. The second kappa shape index (κ2) is 13.5. The summed E-state index contributed by atoms with van der Waals surface area (Å²) in [4.78, 5) is 29.0. The number of amides is 2. The molecule has 1 atom stereocenters. The molecule has 0 heterocycles. The van der Waals surface area contributed by atoms with Crippen LogP contribution in [-0.4, -0.2) is 35.4 Å². The first-order chi connectivity index (χ1) is 18.0. The van der Waals surface area contributed by atoms with Gasteiger partial charge in [-0.25, -0.2) is 0 Å². The van der Waals surface area contributed by atoms with Crippen molar-refractivity contribution in [2.75, 3.05) is 6.61 Å². The largest absolute Gasteiger partial charge is 0.484 e. The normalized spacial score (nSPS) is 14.5. The molecule has 1 unspecified atom stereocenters. The zero-order valence-corrected chi connectivity index (χ0v) is 22.3. The van der Waals surface area contributed by atoms with E-state index in [0.29, 0.717) is 22.2 Å². The summed E-state index contributed by atoms with van der Waals surface area (Å²) in [7, 11) is 0. The van der Waals surface area contributed by atoms with E-state index >= 15 is 0 Å². The van der Waals surface area contributed by atoms with Crippen LogP contribution in [0.2, 0.25) is 10.0 Å². The lowest BCUT2D eigenvalue weighted by Gasteiger charge is -2.33. The fraction of sp³-hybridized carbons (Fsp3) is 0.333. The van der Waals surface area contributed by atoms with Gasteiger partial charge in [0.1, 0.15) is 11.8 Å². The minimum absolute atomic E-state index is 0.125. The summed E-state index contributed by atoms with van der Waals surface area (Å²) < 4.78 is 5.79. The molecule has 1 aliphatic rings. The van der Waals surface area contributed by atoms with Crippen LogP contribution in [0.4, 0.5) is 0 Å². The van der Waals surface area contributed by atoms with Crippen molar-refractivity contribution in [2.45, 2.75) is 57.2 Å². The molecular weight excluding hydrogens is 507 g/mol. The highest BCUT2D eigenvalue weighted by Crippen LogP contribution is 2.23. The Kier molecular flexibility index (Phi) is 9.86. The van der Waals surface area contributed by atoms with E-state index in [-0.39, 0.29) is 31.0 Å². The van der Waals surface area contributed by atoms with Crippen LogP contribution in [0.15, 0.2) is 78.9 Å². The molecule has 0 aromatic heterocycles. The maximum Gasteiger partial charge on any atom is 0.261 e. The second-order valence-corrected chi connectivity index (χ2v) is 10.3. The predicted molar refractivity (Wildman–Crippen MR) is 148 cm³/mol. The lowest BCUT2D eigenvalue weighted by Crippen LogP contribution is -2.53. The molecule has 1 aliphatic carbocycles. The topological polar surface area (TPSA) is 58.6 Å². The van der Waals surface area contributed by atoms with Crippen molar-refractivity contribution in [3.05, 3.63) is 100 Å². The van der Waals surface area contributed by atoms with Gasteiger partial charge in [0.05, 0.1) is 0 Å². The smallest absolute Gasteiger partial charge is 0.261 e. The highest BCUT2D eigenvalue weighted by Gasteiger charge is 2.32. The fourth-order valence-corrected chi connectivity index (χ4v) is 5.07. The van der Waals surface area contributed by atoms with Crippen molar-refractivity contribution in [1.29, 1.82) is 0 Å². The Morgan fingerprint density at radius 2 is 1.65 bits per heavy atom. The quantitative estimate of drug-likeness (QED) is 0.322. The van der Waals surface area contributed by atoms with Gasteiger partial charge in [-0.3, -0.25) is 9.59 Å². The average molecular weight is 540 g/mol. The van der Waals surface area contributed by atoms with E-state index in [1.165, 1.54) is 6.42 Å². The summed E-state index contributed by atoms with van der Waals surface area (Å²) in [6.45, 7) is -0.0419. The van der Waals surface area contributed by atoms with Crippen LogP contribution in [0.3, 0.4) is 0 Å². The number of hydrogen-bond donors (Lipinski definition) is 1. The monoisotopic (exact) mass is 538 g/mol. The van der Waals surface area contributed by atoms with Gasteiger partial charge in [-0.15, -0.1) is 0 Å². The van der Waals surface area contributed by atoms with Gasteiger partial charge in [-0.2, -0.15) is 0 Å². The zero-order chi connectivity index (χ0) is 26.0. The SMILES string of the molecule is O=C(NC1CCCCC1)C(Cc1ccccc1)N(Cc1ccccc1Cl)C(=O)COc1cccc(Cl)c1. The van der Waals surface area contributed by atoms with Crippen LogP contribution in [0.1, 0.15) is 43.2 Å². The molecule has 3 aromatic rings. The van der Waals surface area contributed by atoms with Gasteiger partial charge < -0.3 is 15.0 Å². The maximum absolute atomic E-state index is 13.8. The molecule has 0 spiro atoms. The Labute approximate surface area is 228 Å². The molecule has 4 rings (SSSR count). The molecular formula is C30H32Cl2N2O3. The molecule has 194 valence electrons. The van der Waals surface area contributed by atoms with Gasteiger partial charge >= 0.3 is 0 Å². The molecule has 0 saturated heterocycles. The van der Waals surface area contributed by atoms with Gasteiger partial charge in [0.25, 0.3) is 5.91 Å². The molecule has 2 amide bonds. The van der Waals surface area contributed by atoms with Crippen molar-refractivity contribution < 1.29 is 14.3 Å². The number of rotatable bonds is 10. The minimum Gasteiger partial charge on any atom is -0.484 e. The van der Waals surface area contributed by atoms with Crippen molar-refractivity contribution >= 4 is 35.0 Å². The molecule has 0 aliphatic heterocycles. The van der Waals surface area contributed by atoms with E-state index in [0.717, 1.165) is 36.8 Å². The average Bonchev–Trinajstić information content (AvgIpc) is 2.91. The van der Waals surface area contributed by atoms with Gasteiger partial charge in [0, 0.05) is 29.1 Å². The number of hydrogen-bond acceptors (Lipinski definition) is 3.